The van der Waals surface area contributed by atoms with Gasteiger partial charge in [-0.3, -0.25) is 4.79 Å². The van der Waals surface area contributed by atoms with E-state index < -0.39 is 11.8 Å². The molecule has 1 rings (SSSR count). The van der Waals surface area contributed by atoms with Gasteiger partial charge in [0.15, 0.2) is 0 Å². The van der Waals surface area contributed by atoms with Crippen LogP contribution in [-0.2, 0) is 11.2 Å². The van der Waals surface area contributed by atoms with Crippen LogP contribution < -0.4 is 5.32 Å². The quantitative estimate of drug-likeness (QED) is 0.471. The predicted molar refractivity (Wildman–Crippen MR) is 102 cm³/mol. The molecule has 0 radical (unpaired) electrons. The fourth-order valence-corrected chi connectivity index (χ4v) is 1.90. The van der Waals surface area contributed by atoms with Crippen LogP contribution in [0.1, 0.15) is 38.3 Å². The van der Waals surface area contributed by atoms with Gasteiger partial charge in [-0.15, -0.1) is 13.2 Å². The Morgan fingerprint density at radius 3 is 2.29 bits per heavy atom. The maximum atomic E-state index is 13.8. The van der Waals surface area contributed by atoms with Gasteiger partial charge in [0.05, 0.1) is 17.2 Å². The summed E-state index contributed by atoms with van der Waals surface area (Å²) in [6, 6.07) is 5.26. The van der Waals surface area contributed by atoms with Crippen LogP contribution in [0.15, 0.2) is 54.5 Å². The van der Waals surface area contributed by atoms with Gasteiger partial charge in [-0.1, -0.05) is 56.6 Å². The molecule has 0 fully saturated rings. The second-order valence-electron chi connectivity index (χ2n) is 4.39. The van der Waals surface area contributed by atoms with Gasteiger partial charge < -0.3 is 10.4 Å². The van der Waals surface area contributed by atoms with E-state index in [-0.39, 0.29) is 23.6 Å². The molecule has 0 heterocycles. The molecule has 0 aliphatic rings. The largest absolute Gasteiger partial charge is 0.481 e. The lowest BCUT2D eigenvalue weighted by Gasteiger charge is -2.15. The van der Waals surface area contributed by atoms with Crippen molar-refractivity contribution in [2.75, 3.05) is 5.32 Å². The first-order valence-electron chi connectivity index (χ1n) is 7.67. The maximum Gasteiger partial charge on any atom is 0.307 e. The third-order valence-electron chi connectivity index (χ3n) is 2.72. The molecule has 0 aliphatic heterocycles. The Bertz CT molecular complexity index is 583. The molecule has 0 saturated carbocycles. The highest BCUT2D eigenvalue weighted by atomic mass is 35.5. The number of halogens is 2. The molecule has 0 unspecified atom stereocenters. The van der Waals surface area contributed by atoms with Gasteiger partial charge in [0, 0.05) is 5.69 Å². The number of carboxylic acid groups (broad SMARTS) is 1. The third-order valence-corrected chi connectivity index (χ3v) is 2.90. The number of hydrogen-bond acceptors (Lipinski definition) is 2. The van der Waals surface area contributed by atoms with Gasteiger partial charge in [-0.05, 0) is 25.0 Å². The van der Waals surface area contributed by atoms with Gasteiger partial charge in [0.2, 0.25) is 0 Å². The molecule has 0 saturated heterocycles. The van der Waals surface area contributed by atoms with Crippen LogP contribution >= 0.6 is 11.6 Å². The monoisotopic (exact) mass is 355 g/mol. The van der Waals surface area contributed by atoms with E-state index in [9.17, 15) is 9.18 Å². The molecule has 24 heavy (non-hydrogen) atoms. The summed E-state index contributed by atoms with van der Waals surface area (Å²) >= 11 is 5.79. The first kappa shape index (κ1) is 24.2. The SMILES string of the molecule is C=C.C=C(Cl)/C(Nc1ccc(C)cc1CC(=O)O)=C(/F)CC.CC. The van der Waals surface area contributed by atoms with Crippen LogP contribution in [0.5, 0.6) is 0 Å². The number of aryl methyl sites for hydroxylation is 1. The minimum Gasteiger partial charge on any atom is -0.481 e. The predicted octanol–water partition coefficient (Wildman–Crippen LogP) is 6.21. The lowest BCUT2D eigenvalue weighted by Crippen LogP contribution is -2.08. The van der Waals surface area contributed by atoms with Crippen LogP contribution in [0.3, 0.4) is 0 Å². The topological polar surface area (TPSA) is 49.3 Å². The Morgan fingerprint density at radius 2 is 1.88 bits per heavy atom. The molecule has 1 aromatic carbocycles. The number of carbonyl (C=O) groups is 1. The second kappa shape index (κ2) is 13.4. The van der Waals surface area contributed by atoms with Crippen molar-refractivity contribution in [2.24, 2.45) is 0 Å². The smallest absolute Gasteiger partial charge is 0.307 e. The van der Waals surface area contributed by atoms with Crippen molar-refractivity contribution in [3.63, 3.8) is 0 Å². The molecule has 0 amide bonds. The lowest BCUT2D eigenvalue weighted by molar-refractivity contribution is -0.136. The van der Waals surface area contributed by atoms with Gasteiger partial charge in [-0.25, -0.2) is 4.39 Å². The molecule has 0 bridgehead atoms. The average molecular weight is 356 g/mol. The summed E-state index contributed by atoms with van der Waals surface area (Å²) in [5.74, 6) is -1.38. The van der Waals surface area contributed by atoms with E-state index in [0.717, 1.165) is 5.56 Å². The van der Waals surface area contributed by atoms with Crippen LogP contribution in [0.25, 0.3) is 0 Å². The average Bonchev–Trinajstić information content (AvgIpc) is 2.56. The van der Waals surface area contributed by atoms with Gasteiger partial charge in [0.1, 0.15) is 5.83 Å². The van der Waals surface area contributed by atoms with Crippen molar-refractivity contribution in [1.82, 2.24) is 0 Å². The van der Waals surface area contributed by atoms with Crippen molar-refractivity contribution in [2.45, 2.75) is 40.5 Å². The molecular weight excluding hydrogens is 329 g/mol. The fraction of sp³-hybridized carbons (Fsp3) is 0.316. The summed E-state index contributed by atoms with van der Waals surface area (Å²) in [6.45, 7) is 17.0. The molecule has 2 N–H and O–H groups in total. The Labute approximate surface area is 149 Å². The standard InChI is InChI=1S/C15H17ClFNO2.C2H6.C2H4/c1-4-12(17)15(10(3)16)18-13-6-5-9(2)7-11(13)8-14(19)20;2*1-2/h5-7,18H,3-4,8H2,1-2H3,(H,19,20);1-2H3;1-2H2/b15-12-;;. The van der Waals surface area contributed by atoms with Crippen molar-refractivity contribution in [3.05, 3.63) is 65.6 Å². The van der Waals surface area contributed by atoms with Crippen LogP contribution in [0.4, 0.5) is 10.1 Å². The number of nitrogens with one attached hydrogen (secondary N) is 1. The van der Waals surface area contributed by atoms with E-state index in [1.165, 1.54) is 0 Å². The number of anilines is 1. The van der Waals surface area contributed by atoms with Crippen molar-refractivity contribution in [1.29, 1.82) is 0 Å². The zero-order valence-corrected chi connectivity index (χ0v) is 15.6. The zero-order valence-electron chi connectivity index (χ0n) is 14.9. The van der Waals surface area contributed by atoms with Crippen molar-refractivity contribution in [3.8, 4) is 0 Å². The molecule has 0 aromatic heterocycles. The number of carboxylic acids is 1. The maximum absolute atomic E-state index is 13.8. The third kappa shape index (κ3) is 8.53. The lowest BCUT2D eigenvalue weighted by atomic mass is 10.1. The van der Waals surface area contributed by atoms with E-state index in [0.29, 0.717) is 11.3 Å². The number of allylic oxidation sites excluding steroid dienone is 2. The first-order valence-corrected chi connectivity index (χ1v) is 8.04. The number of hydrogen-bond donors (Lipinski definition) is 2. The second-order valence-corrected chi connectivity index (χ2v) is 4.85. The summed E-state index contributed by atoms with van der Waals surface area (Å²) in [5, 5.41) is 11.8. The van der Waals surface area contributed by atoms with Crippen molar-refractivity contribution < 1.29 is 14.3 Å². The number of rotatable bonds is 6. The van der Waals surface area contributed by atoms with Crippen LogP contribution in [0.2, 0.25) is 0 Å². The molecule has 0 aliphatic carbocycles. The molecule has 0 spiro atoms. The van der Waals surface area contributed by atoms with Gasteiger partial charge in [-0.2, -0.15) is 0 Å². The Balaban J connectivity index is 0. The Morgan fingerprint density at radius 1 is 1.33 bits per heavy atom. The van der Waals surface area contributed by atoms with Crippen LogP contribution in [0, 0.1) is 6.92 Å². The summed E-state index contributed by atoms with van der Waals surface area (Å²) in [7, 11) is 0. The zero-order chi connectivity index (χ0) is 19.3. The van der Waals surface area contributed by atoms with E-state index in [2.05, 4.69) is 25.1 Å². The minimum atomic E-state index is -0.954. The van der Waals surface area contributed by atoms with E-state index in [1.807, 2.05) is 26.8 Å². The Hall–Kier alpha value is -2.07. The fourth-order valence-electron chi connectivity index (χ4n) is 1.75. The Kier molecular flexibility index (Phi) is 13.5. The highest BCUT2D eigenvalue weighted by Gasteiger charge is 2.12. The molecule has 134 valence electrons. The van der Waals surface area contributed by atoms with Gasteiger partial charge in [0.25, 0.3) is 0 Å². The summed E-state index contributed by atoms with van der Waals surface area (Å²) in [5.41, 5.74) is 2.10. The summed E-state index contributed by atoms with van der Waals surface area (Å²) < 4.78 is 13.8. The summed E-state index contributed by atoms with van der Waals surface area (Å²) in [6.07, 6.45) is 0.0218. The van der Waals surface area contributed by atoms with Crippen molar-refractivity contribution >= 4 is 23.3 Å². The summed E-state index contributed by atoms with van der Waals surface area (Å²) in [4.78, 5) is 10.9. The molecule has 3 nitrogen and oxygen atoms in total. The number of aliphatic carboxylic acids is 1. The highest BCUT2D eigenvalue weighted by Crippen LogP contribution is 2.26. The molecule has 5 heteroatoms. The minimum absolute atomic E-state index is 0.0474. The first-order chi connectivity index (χ1) is 11.3. The van der Waals surface area contributed by atoms with Gasteiger partial charge >= 0.3 is 5.97 Å². The highest BCUT2D eigenvalue weighted by molar-refractivity contribution is 6.31. The molecule has 1 aromatic rings. The van der Waals surface area contributed by atoms with E-state index in [1.54, 1.807) is 19.1 Å². The normalized spacial score (nSPS) is 10.2. The van der Waals surface area contributed by atoms with E-state index >= 15 is 0 Å². The van der Waals surface area contributed by atoms with Crippen LogP contribution in [-0.4, -0.2) is 11.1 Å². The number of benzene rings is 1. The van der Waals surface area contributed by atoms with E-state index in [4.69, 9.17) is 16.7 Å². The molecule has 0 atom stereocenters. The molecular formula is C19H27ClFNO2.